The molecule has 6 heteroatoms. The highest BCUT2D eigenvalue weighted by Crippen LogP contribution is 2.19. The van der Waals surface area contributed by atoms with Crippen molar-refractivity contribution in [2.24, 2.45) is 0 Å². The van der Waals surface area contributed by atoms with Gasteiger partial charge in [-0.3, -0.25) is 4.79 Å². The molecule has 0 unspecified atom stereocenters. The number of anilines is 1. The van der Waals surface area contributed by atoms with Gasteiger partial charge < -0.3 is 20.3 Å². The topological polar surface area (TPSA) is 68.4 Å². The maximum absolute atomic E-state index is 12.6. The van der Waals surface area contributed by atoms with Crippen LogP contribution in [0.3, 0.4) is 0 Å². The van der Waals surface area contributed by atoms with Crippen molar-refractivity contribution in [2.45, 2.75) is 20.4 Å². The first-order valence-corrected chi connectivity index (χ1v) is 9.24. The Morgan fingerprint density at radius 3 is 2.63 bits per heavy atom. The number of thiocarbonyl (C=S) groups is 1. The Hall–Kier alpha value is -2.70. The average molecular weight is 382 g/mol. The van der Waals surface area contributed by atoms with E-state index in [4.69, 9.17) is 12.2 Å². The van der Waals surface area contributed by atoms with Gasteiger partial charge in [-0.2, -0.15) is 0 Å². The molecule has 1 aromatic heterocycles. The number of hydrogen-bond donors (Lipinski definition) is 3. The van der Waals surface area contributed by atoms with Gasteiger partial charge in [-0.15, -0.1) is 0 Å². The number of rotatable bonds is 5. The standard InChI is InChI=1S/C21H23N3O2S/c1-14-8-9-16-12-17(20(26)23-19(16)15(14)2)13-24(10-11-25)21(27)22-18-6-4-3-5-7-18/h3-9,12,25H,10-11,13H2,1-2H3,(H,22,27)(H,23,26). The third kappa shape index (κ3) is 4.35. The molecule has 3 N–H and O–H groups in total. The third-order valence-electron chi connectivity index (χ3n) is 4.67. The van der Waals surface area contributed by atoms with Crippen molar-refractivity contribution >= 4 is 33.9 Å². The fourth-order valence-corrected chi connectivity index (χ4v) is 3.26. The maximum Gasteiger partial charge on any atom is 0.253 e. The normalized spacial score (nSPS) is 10.8. The number of H-pyrrole nitrogens is 1. The minimum atomic E-state index is -0.137. The number of aromatic amines is 1. The number of hydrogen-bond acceptors (Lipinski definition) is 3. The fourth-order valence-electron chi connectivity index (χ4n) is 2.99. The summed E-state index contributed by atoms with van der Waals surface area (Å²) < 4.78 is 0. The van der Waals surface area contributed by atoms with Gasteiger partial charge in [-0.25, -0.2) is 0 Å². The molecule has 0 bridgehead atoms. The van der Waals surface area contributed by atoms with Gasteiger partial charge in [0.15, 0.2) is 5.11 Å². The first-order chi connectivity index (χ1) is 13.0. The van der Waals surface area contributed by atoms with Gasteiger partial charge in [0.1, 0.15) is 0 Å². The highest BCUT2D eigenvalue weighted by molar-refractivity contribution is 7.80. The van der Waals surface area contributed by atoms with Gasteiger partial charge in [0, 0.05) is 17.8 Å². The highest BCUT2D eigenvalue weighted by Gasteiger charge is 2.14. The second kappa shape index (κ2) is 8.33. The molecule has 27 heavy (non-hydrogen) atoms. The van der Waals surface area contributed by atoms with E-state index in [2.05, 4.69) is 10.3 Å². The minimum absolute atomic E-state index is 0.0552. The van der Waals surface area contributed by atoms with Crippen molar-refractivity contribution in [3.05, 3.63) is 75.6 Å². The van der Waals surface area contributed by atoms with Crippen LogP contribution in [-0.4, -0.2) is 33.3 Å². The van der Waals surface area contributed by atoms with Gasteiger partial charge >= 0.3 is 0 Å². The third-order valence-corrected chi connectivity index (χ3v) is 5.03. The molecule has 0 atom stereocenters. The lowest BCUT2D eigenvalue weighted by atomic mass is 10.0. The zero-order valence-electron chi connectivity index (χ0n) is 15.5. The fraction of sp³-hybridized carbons (Fsp3) is 0.238. The van der Waals surface area contributed by atoms with E-state index in [-0.39, 0.29) is 12.2 Å². The van der Waals surface area contributed by atoms with Crippen molar-refractivity contribution in [3.8, 4) is 0 Å². The minimum Gasteiger partial charge on any atom is -0.395 e. The molecule has 0 amide bonds. The zero-order valence-corrected chi connectivity index (χ0v) is 16.3. The summed E-state index contributed by atoms with van der Waals surface area (Å²) in [4.78, 5) is 17.4. The Labute approximate surface area is 163 Å². The molecule has 3 aromatic rings. The average Bonchev–Trinajstić information content (AvgIpc) is 2.66. The Morgan fingerprint density at radius 2 is 1.93 bits per heavy atom. The summed E-state index contributed by atoms with van der Waals surface area (Å²) in [7, 11) is 0. The largest absolute Gasteiger partial charge is 0.395 e. The Balaban J connectivity index is 1.88. The van der Waals surface area contributed by atoms with E-state index in [1.807, 2.05) is 62.4 Å². The van der Waals surface area contributed by atoms with Crippen LogP contribution in [0, 0.1) is 13.8 Å². The van der Waals surface area contributed by atoms with Crippen molar-refractivity contribution in [1.29, 1.82) is 0 Å². The van der Waals surface area contributed by atoms with Crippen LogP contribution in [0.15, 0.2) is 53.3 Å². The predicted molar refractivity (Wildman–Crippen MR) is 114 cm³/mol. The van der Waals surface area contributed by atoms with Gasteiger partial charge in [0.2, 0.25) is 0 Å². The molecule has 2 aromatic carbocycles. The van der Waals surface area contributed by atoms with Gasteiger partial charge in [-0.05, 0) is 60.8 Å². The summed E-state index contributed by atoms with van der Waals surface area (Å²) in [5, 5.41) is 14.0. The van der Waals surface area contributed by atoms with Crippen LogP contribution in [0.4, 0.5) is 5.69 Å². The lowest BCUT2D eigenvalue weighted by Crippen LogP contribution is -2.37. The Morgan fingerprint density at radius 1 is 1.19 bits per heavy atom. The SMILES string of the molecule is Cc1ccc2cc(CN(CCO)C(=S)Nc3ccccc3)c(=O)[nH]c2c1C. The summed E-state index contributed by atoms with van der Waals surface area (Å²) in [6.07, 6.45) is 0. The van der Waals surface area contributed by atoms with Crippen LogP contribution in [0.25, 0.3) is 10.9 Å². The lowest BCUT2D eigenvalue weighted by Gasteiger charge is -2.25. The molecule has 1 heterocycles. The van der Waals surface area contributed by atoms with E-state index < -0.39 is 0 Å². The Kier molecular flexibility index (Phi) is 5.88. The maximum atomic E-state index is 12.6. The van der Waals surface area contributed by atoms with Crippen LogP contribution in [-0.2, 0) is 6.54 Å². The second-order valence-corrected chi connectivity index (χ2v) is 6.92. The van der Waals surface area contributed by atoms with Gasteiger partial charge in [0.25, 0.3) is 5.56 Å². The number of aliphatic hydroxyl groups is 1. The first kappa shape index (κ1) is 19.1. The molecule has 0 radical (unpaired) electrons. The van der Waals surface area contributed by atoms with Crippen molar-refractivity contribution in [2.75, 3.05) is 18.5 Å². The lowest BCUT2D eigenvalue weighted by molar-refractivity contribution is 0.248. The van der Waals surface area contributed by atoms with E-state index in [0.29, 0.717) is 23.8 Å². The van der Waals surface area contributed by atoms with Crippen LogP contribution < -0.4 is 10.9 Å². The summed E-state index contributed by atoms with van der Waals surface area (Å²) >= 11 is 5.49. The summed E-state index contributed by atoms with van der Waals surface area (Å²) in [5.74, 6) is 0. The zero-order chi connectivity index (χ0) is 19.4. The molecule has 0 aliphatic heterocycles. The van der Waals surface area contributed by atoms with Gasteiger partial charge in [0.05, 0.1) is 18.7 Å². The molecule has 0 aliphatic carbocycles. The number of benzene rings is 2. The molecule has 140 valence electrons. The number of aryl methyl sites for hydroxylation is 2. The smallest absolute Gasteiger partial charge is 0.253 e. The number of nitrogens with zero attached hydrogens (tertiary/aromatic N) is 1. The molecular formula is C21H23N3O2S. The summed E-state index contributed by atoms with van der Waals surface area (Å²) in [6.45, 7) is 4.63. The van der Waals surface area contributed by atoms with Crippen molar-refractivity contribution < 1.29 is 5.11 Å². The summed E-state index contributed by atoms with van der Waals surface area (Å²) in [6, 6.07) is 15.5. The molecule has 0 saturated heterocycles. The number of aliphatic hydroxyl groups excluding tert-OH is 1. The molecular weight excluding hydrogens is 358 g/mol. The molecule has 0 aliphatic rings. The first-order valence-electron chi connectivity index (χ1n) is 8.83. The molecule has 0 fully saturated rings. The van der Waals surface area contributed by atoms with E-state index in [9.17, 15) is 9.90 Å². The van der Waals surface area contributed by atoms with Crippen molar-refractivity contribution in [1.82, 2.24) is 9.88 Å². The van der Waals surface area contributed by atoms with Crippen LogP contribution in [0.5, 0.6) is 0 Å². The molecule has 5 nitrogen and oxygen atoms in total. The molecule has 0 spiro atoms. The number of fused-ring (bicyclic) bond motifs is 1. The quantitative estimate of drug-likeness (QED) is 0.592. The van der Waals surface area contributed by atoms with Crippen LogP contribution in [0.2, 0.25) is 0 Å². The van der Waals surface area contributed by atoms with Crippen LogP contribution >= 0.6 is 12.2 Å². The monoisotopic (exact) mass is 381 g/mol. The van der Waals surface area contributed by atoms with Crippen molar-refractivity contribution in [3.63, 3.8) is 0 Å². The second-order valence-electron chi connectivity index (χ2n) is 6.54. The summed E-state index contributed by atoms with van der Waals surface area (Å²) in [5.41, 5.74) is 4.41. The predicted octanol–water partition coefficient (Wildman–Crippen LogP) is 3.34. The molecule has 3 rings (SSSR count). The number of nitrogens with one attached hydrogen (secondary N) is 2. The molecule has 0 saturated carbocycles. The number of para-hydroxylation sites is 1. The number of aromatic nitrogens is 1. The van der Waals surface area contributed by atoms with Gasteiger partial charge in [-0.1, -0.05) is 30.3 Å². The van der Waals surface area contributed by atoms with E-state index in [1.54, 1.807) is 4.90 Å². The van der Waals surface area contributed by atoms with E-state index >= 15 is 0 Å². The number of pyridine rings is 1. The van der Waals surface area contributed by atoms with Crippen LogP contribution in [0.1, 0.15) is 16.7 Å². The van der Waals surface area contributed by atoms with E-state index in [1.165, 1.54) is 0 Å². The Bertz CT molecular complexity index is 1020. The van der Waals surface area contributed by atoms with E-state index in [0.717, 1.165) is 27.7 Å². The highest BCUT2D eigenvalue weighted by atomic mass is 32.1.